The summed E-state index contributed by atoms with van der Waals surface area (Å²) >= 11 is 3.44. The molecular formula is C56H59N17O2S2. The number of nitrogens with one attached hydrogen (secondary N) is 3. The Morgan fingerprint density at radius 3 is 1.71 bits per heavy atom. The fraction of sp³-hybridized carbons (Fsp3) is 0.125. The van der Waals surface area contributed by atoms with Gasteiger partial charge in [-0.05, 0) is 133 Å². The van der Waals surface area contributed by atoms with Crippen molar-refractivity contribution < 1.29 is 8.83 Å². The summed E-state index contributed by atoms with van der Waals surface area (Å²) in [5, 5.41) is 6.36. The smallest absolute Gasteiger partial charge is 0.176 e. The van der Waals surface area contributed by atoms with E-state index in [-0.39, 0.29) is 0 Å². The van der Waals surface area contributed by atoms with Gasteiger partial charge in [0.05, 0.1) is 32.3 Å². The number of nitrogens with zero attached hydrogens (tertiary/aromatic N) is 7. The van der Waals surface area contributed by atoms with Gasteiger partial charge < -0.3 is 63.9 Å². The van der Waals surface area contributed by atoms with Crippen molar-refractivity contribution in [3.05, 3.63) is 167 Å². The van der Waals surface area contributed by atoms with Crippen LogP contribution in [0.15, 0.2) is 137 Å². The summed E-state index contributed by atoms with van der Waals surface area (Å²) in [5.41, 5.74) is 47.8. The van der Waals surface area contributed by atoms with E-state index in [9.17, 15) is 0 Å². The first-order chi connectivity index (χ1) is 36.9. The number of hydrogen-bond donors (Lipinski definition) is 10. The van der Waals surface area contributed by atoms with Gasteiger partial charge in [0.1, 0.15) is 51.7 Å². The van der Waals surface area contributed by atoms with Crippen molar-refractivity contribution in [3.8, 4) is 0 Å². The Bertz CT molecular complexity index is 3510. The van der Waals surface area contributed by atoms with Crippen LogP contribution in [0.5, 0.6) is 0 Å². The Labute approximate surface area is 450 Å². The van der Waals surface area contributed by atoms with Crippen LogP contribution >= 0.6 is 22.7 Å². The van der Waals surface area contributed by atoms with Gasteiger partial charge in [-0.15, -0.1) is 22.7 Å². The van der Waals surface area contributed by atoms with Gasteiger partial charge in [0.2, 0.25) is 0 Å². The lowest BCUT2D eigenvalue weighted by Gasteiger charge is -1.92. The molecule has 0 saturated heterocycles. The van der Waals surface area contributed by atoms with Gasteiger partial charge in [-0.25, -0.2) is 34.9 Å². The monoisotopic (exact) mass is 1070 g/mol. The summed E-state index contributed by atoms with van der Waals surface area (Å²) < 4.78 is 13.0. The standard InChI is InChI=1S/C9H10N2.C8H9N3.2C8H8N2O.2C8H8N2S.C7H8N4/c1-6-5-7-3-2-4-8(10)9(7)11-6;2*1-5-4-6-7(11-5)2-3-10-8(6)9;1-5-4-6-2-3-10-8(9)7(6)11-5;1-5-4-6-7(11-5)2-3-10-8(6)9;1-5-4-6-2-3-10-8(9)7(6)11-5;1-4-10-5-2-3-9-7(8)6(5)11-4/h2-5,11H,10H2,1H3;2-4,11H,1H3,(H2,9,10);4*2-4H,1H3,(H2,9,10);2-3H,1H3,(H2,8,9)(H,10,11). The highest BCUT2D eigenvalue weighted by Gasteiger charge is 2.06. The maximum absolute atomic E-state index is 5.74. The summed E-state index contributed by atoms with van der Waals surface area (Å²) in [5.74, 6) is 5.90. The number of hydrogen-bond acceptors (Lipinski definition) is 18. The van der Waals surface area contributed by atoms with Crippen molar-refractivity contribution >= 4 is 138 Å². The summed E-state index contributed by atoms with van der Waals surface area (Å²) in [6.45, 7) is 13.8. The molecule has 0 spiro atoms. The third kappa shape index (κ3) is 13.2. The largest absolute Gasteiger partial charge is 0.461 e. The number of aromatic nitrogens is 10. The number of imidazole rings is 1. The number of H-pyrrole nitrogens is 3. The number of anilines is 7. The zero-order valence-electron chi connectivity index (χ0n) is 43.4. The van der Waals surface area contributed by atoms with Gasteiger partial charge in [-0.3, -0.25) is 0 Å². The van der Waals surface area contributed by atoms with Gasteiger partial charge in [0.25, 0.3) is 0 Å². The lowest BCUT2D eigenvalue weighted by molar-refractivity contribution is 0.578. The molecule has 13 aromatic heterocycles. The van der Waals surface area contributed by atoms with E-state index in [1.165, 1.54) is 25.2 Å². The third-order valence-corrected chi connectivity index (χ3v) is 13.6. The Balaban J connectivity index is 0.000000119. The van der Waals surface area contributed by atoms with Crippen molar-refractivity contribution in [3.63, 3.8) is 0 Å². The second kappa shape index (κ2) is 23.6. The lowest BCUT2D eigenvalue weighted by Crippen LogP contribution is -1.89. The molecule has 0 aliphatic heterocycles. The lowest BCUT2D eigenvalue weighted by atomic mass is 10.2. The predicted molar refractivity (Wildman–Crippen MR) is 320 cm³/mol. The SMILES string of the molecule is Cc1cc2c(N)nccc2[nH]1.Cc1cc2c(N)nccc2o1.Cc1cc2c(N)nccc2s1.Cc1cc2cccc(N)c2[nH]1.Cc1cc2ccnc(N)c2o1.Cc1cc2ccnc(N)c2s1.Cc1nc2c(N)nccc2[nH]1. The van der Waals surface area contributed by atoms with Crippen molar-refractivity contribution in [2.24, 2.45) is 0 Å². The molecule has 14 rings (SSSR count). The topological polar surface area (TPSA) is 346 Å². The third-order valence-electron chi connectivity index (χ3n) is 11.5. The van der Waals surface area contributed by atoms with Crippen molar-refractivity contribution in [1.82, 2.24) is 49.8 Å². The van der Waals surface area contributed by atoms with E-state index in [4.69, 9.17) is 49.0 Å². The number of aryl methyl sites for hydroxylation is 7. The molecule has 0 aliphatic rings. The van der Waals surface area contributed by atoms with Crippen molar-refractivity contribution in [2.45, 2.75) is 48.5 Å². The number of para-hydroxylation sites is 1. The highest BCUT2D eigenvalue weighted by molar-refractivity contribution is 7.19. The molecule has 0 atom stereocenters. The van der Waals surface area contributed by atoms with Gasteiger partial charge in [0.15, 0.2) is 17.2 Å². The molecule has 0 fully saturated rings. The number of benzene rings is 1. The Morgan fingerprint density at radius 1 is 0.442 bits per heavy atom. The fourth-order valence-electron chi connectivity index (χ4n) is 8.06. The number of pyridine rings is 6. The molecule has 0 saturated carbocycles. The predicted octanol–water partition coefficient (Wildman–Crippen LogP) is 12.2. The van der Waals surface area contributed by atoms with Crippen LogP contribution in [-0.2, 0) is 0 Å². The van der Waals surface area contributed by atoms with Crippen LogP contribution in [0.2, 0.25) is 0 Å². The molecule has 77 heavy (non-hydrogen) atoms. The number of thiophene rings is 2. The number of rotatable bonds is 0. The number of nitrogen functional groups attached to an aromatic ring is 7. The minimum absolute atomic E-state index is 0.454. The Morgan fingerprint density at radius 2 is 1.04 bits per heavy atom. The zero-order valence-corrected chi connectivity index (χ0v) is 45.1. The number of nitrogens with two attached hydrogens (primary N) is 7. The molecule has 0 bridgehead atoms. The number of furan rings is 2. The van der Waals surface area contributed by atoms with Gasteiger partial charge >= 0.3 is 0 Å². The maximum Gasteiger partial charge on any atom is 0.176 e. The zero-order chi connectivity index (χ0) is 54.9. The van der Waals surface area contributed by atoms with Crippen LogP contribution in [-0.4, -0.2) is 49.8 Å². The fourth-order valence-corrected chi connectivity index (χ4v) is 9.90. The molecule has 17 N–H and O–H groups in total. The Kier molecular flexibility index (Phi) is 16.4. The molecule has 14 aromatic rings. The quantitative estimate of drug-likeness (QED) is 0.0631. The van der Waals surface area contributed by atoms with Crippen LogP contribution in [0.1, 0.15) is 38.5 Å². The van der Waals surface area contributed by atoms with E-state index in [0.29, 0.717) is 40.5 Å². The van der Waals surface area contributed by atoms with Gasteiger partial charge in [0, 0.05) is 84.6 Å². The van der Waals surface area contributed by atoms with E-state index in [1.54, 1.807) is 65.9 Å². The normalized spacial score (nSPS) is 10.6. The minimum atomic E-state index is 0.454. The molecule has 0 aliphatic carbocycles. The average molecular weight is 1070 g/mol. The van der Waals surface area contributed by atoms with Crippen LogP contribution in [0, 0.1) is 48.5 Å². The molecule has 0 unspecified atom stereocenters. The second-order valence-corrected chi connectivity index (χ2v) is 20.2. The highest BCUT2D eigenvalue weighted by atomic mass is 32.1. The van der Waals surface area contributed by atoms with E-state index < -0.39 is 0 Å². The van der Waals surface area contributed by atoms with Gasteiger partial charge in [-0.2, -0.15) is 0 Å². The first-order valence-corrected chi connectivity index (χ1v) is 25.6. The van der Waals surface area contributed by atoms with Crippen molar-refractivity contribution in [1.29, 1.82) is 0 Å². The van der Waals surface area contributed by atoms with Gasteiger partial charge in [-0.1, -0.05) is 12.1 Å². The van der Waals surface area contributed by atoms with E-state index in [2.05, 4.69) is 88.0 Å². The van der Waals surface area contributed by atoms with Crippen molar-refractivity contribution in [2.75, 3.05) is 40.1 Å². The first kappa shape index (κ1) is 53.6. The van der Waals surface area contributed by atoms with E-state index in [1.807, 2.05) is 95.3 Å². The molecule has 19 nitrogen and oxygen atoms in total. The average Bonchev–Trinajstić information content (AvgIpc) is 4.27. The minimum Gasteiger partial charge on any atom is -0.461 e. The Hall–Kier alpha value is -9.73. The summed E-state index contributed by atoms with van der Waals surface area (Å²) in [6.07, 6.45) is 10.2. The molecular weight excluding hydrogens is 1010 g/mol. The highest BCUT2D eigenvalue weighted by Crippen LogP contribution is 2.29. The maximum atomic E-state index is 5.74. The second-order valence-electron chi connectivity index (χ2n) is 17.7. The van der Waals surface area contributed by atoms with Crippen LogP contribution in [0.3, 0.4) is 0 Å². The summed E-state index contributed by atoms with van der Waals surface area (Å²) in [6, 6.07) is 29.4. The molecule has 392 valence electrons. The van der Waals surface area contributed by atoms with Crippen LogP contribution in [0.25, 0.3) is 75.0 Å². The number of fused-ring (bicyclic) bond motifs is 7. The summed E-state index contributed by atoms with van der Waals surface area (Å²) in [7, 11) is 0. The van der Waals surface area contributed by atoms with E-state index in [0.717, 1.165) is 88.3 Å². The molecule has 21 heteroatoms. The molecule has 13 heterocycles. The van der Waals surface area contributed by atoms with E-state index >= 15 is 0 Å². The number of aromatic amines is 3. The molecule has 1 aromatic carbocycles. The molecule has 0 radical (unpaired) electrons. The summed E-state index contributed by atoms with van der Waals surface area (Å²) in [4.78, 5) is 39.9. The molecule has 0 amide bonds. The van der Waals surface area contributed by atoms with Crippen LogP contribution in [0.4, 0.5) is 40.6 Å². The first-order valence-electron chi connectivity index (χ1n) is 23.9. The van der Waals surface area contributed by atoms with Crippen LogP contribution < -0.4 is 40.1 Å².